The van der Waals surface area contributed by atoms with E-state index < -0.39 is 5.41 Å². The molecular formula is C20H27FN4O. The van der Waals surface area contributed by atoms with E-state index in [9.17, 15) is 9.18 Å². The number of unbranched alkanes of at least 4 members (excludes halogenated alkanes) is 1. The van der Waals surface area contributed by atoms with Crippen molar-refractivity contribution in [3.8, 4) is 0 Å². The van der Waals surface area contributed by atoms with E-state index in [0.29, 0.717) is 11.4 Å². The molecule has 5 nitrogen and oxygen atoms in total. The Hall–Kier alpha value is -2.24. The van der Waals surface area contributed by atoms with Crippen molar-refractivity contribution in [2.75, 3.05) is 7.05 Å². The average Bonchev–Trinajstić information content (AvgIpc) is 2.98. The van der Waals surface area contributed by atoms with Crippen molar-refractivity contribution in [2.24, 2.45) is 5.41 Å². The fourth-order valence-electron chi connectivity index (χ4n) is 3.86. The van der Waals surface area contributed by atoms with Gasteiger partial charge in [-0.3, -0.25) is 4.79 Å². The number of aromatic nitrogens is 3. The molecule has 0 bridgehead atoms. The van der Waals surface area contributed by atoms with Gasteiger partial charge in [-0.05, 0) is 24.3 Å². The number of halogens is 1. The molecule has 26 heavy (non-hydrogen) atoms. The normalized spacial score (nSPS) is 20.8. The van der Waals surface area contributed by atoms with Gasteiger partial charge in [0.2, 0.25) is 5.91 Å². The first kappa shape index (κ1) is 18.5. The first-order chi connectivity index (χ1) is 12.4. The van der Waals surface area contributed by atoms with Crippen molar-refractivity contribution < 1.29 is 9.18 Å². The fourth-order valence-corrected chi connectivity index (χ4v) is 3.86. The Morgan fingerprint density at radius 2 is 2.04 bits per heavy atom. The molecule has 1 aliphatic carbocycles. The number of amides is 1. The first-order valence-corrected chi connectivity index (χ1v) is 9.25. The van der Waals surface area contributed by atoms with Crippen LogP contribution in [0.25, 0.3) is 0 Å². The summed E-state index contributed by atoms with van der Waals surface area (Å²) in [6.45, 7) is 7.11. The SMILES string of the molecule is CCCCn1nc(CC(=O)NC)nc1C1(c2ccccc2F)CC1(C)C. The molecule has 0 radical (unpaired) electrons. The van der Waals surface area contributed by atoms with Gasteiger partial charge in [-0.1, -0.05) is 45.4 Å². The summed E-state index contributed by atoms with van der Waals surface area (Å²) in [4.78, 5) is 16.5. The Bertz CT molecular complexity index is 814. The monoisotopic (exact) mass is 358 g/mol. The molecule has 1 N–H and O–H groups in total. The predicted molar refractivity (Wildman–Crippen MR) is 98.3 cm³/mol. The number of hydrogen-bond donors (Lipinski definition) is 1. The van der Waals surface area contributed by atoms with Crippen LogP contribution in [0.4, 0.5) is 4.39 Å². The summed E-state index contributed by atoms with van der Waals surface area (Å²) in [5.41, 5.74) is 0.0536. The van der Waals surface area contributed by atoms with Crippen LogP contribution in [0.1, 0.15) is 57.2 Å². The second-order valence-electron chi connectivity index (χ2n) is 7.72. The Morgan fingerprint density at radius 3 is 2.62 bits per heavy atom. The van der Waals surface area contributed by atoms with Gasteiger partial charge in [0.05, 0.1) is 11.8 Å². The number of carbonyl (C=O) groups excluding carboxylic acids is 1. The van der Waals surface area contributed by atoms with Gasteiger partial charge in [0.15, 0.2) is 5.82 Å². The summed E-state index contributed by atoms with van der Waals surface area (Å²) in [5.74, 6) is 0.934. The molecule has 1 unspecified atom stereocenters. The number of rotatable bonds is 7. The van der Waals surface area contributed by atoms with E-state index in [1.807, 2.05) is 16.8 Å². The molecule has 1 aromatic carbocycles. The van der Waals surface area contributed by atoms with Crippen molar-refractivity contribution in [3.05, 3.63) is 47.3 Å². The molecule has 1 atom stereocenters. The zero-order valence-electron chi connectivity index (χ0n) is 16.0. The lowest BCUT2D eigenvalue weighted by molar-refractivity contribution is -0.120. The molecule has 2 aromatic rings. The van der Waals surface area contributed by atoms with Crippen LogP contribution >= 0.6 is 0 Å². The minimum atomic E-state index is -0.500. The number of nitrogens with one attached hydrogen (secondary N) is 1. The van der Waals surface area contributed by atoms with E-state index in [1.165, 1.54) is 6.07 Å². The lowest BCUT2D eigenvalue weighted by Crippen LogP contribution is -2.24. The molecular weight excluding hydrogens is 331 g/mol. The molecule has 1 aliphatic rings. The molecule has 6 heteroatoms. The summed E-state index contributed by atoms with van der Waals surface area (Å²) < 4.78 is 16.6. The summed E-state index contributed by atoms with van der Waals surface area (Å²) >= 11 is 0. The van der Waals surface area contributed by atoms with Gasteiger partial charge in [0.1, 0.15) is 11.6 Å². The van der Waals surface area contributed by atoms with Crippen LogP contribution in [0.3, 0.4) is 0 Å². The van der Waals surface area contributed by atoms with Crippen LogP contribution in [0, 0.1) is 11.2 Å². The number of hydrogen-bond acceptors (Lipinski definition) is 3. The second-order valence-corrected chi connectivity index (χ2v) is 7.72. The quantitative estimate of drug-likeness (QED) is 0.827. The van der Waals surface area contributed by atoms with Crippen LogP contribution in [0.15, 0.2) is 24.3 Å². The Labute approximate surface area is 154 Å². The Kier molecular flexibility index (Phi) is 4.86. The molecule has 1 heterocycles. The van der Waals surface area contributed by atoms with Gasteiger partial charge in [-0.15, -0.1) is 0 Å². The summed E-state index contributed by atoms with van der Waals surface area (Å²) in [6.07, 6.45) is 2.94. The van der Waals surface area contributed by atoms with Gasteiger partial charge in [-0.25, -0.2) is 14.1 Å². The number of nitrogens with zero attached hydrogens (tertiary/aromatic N) is 3. The van der Waals surface area contributed by atoms with Crippen LogP contribution < -0.4 is 5.32 Å². The molecule has 1 fully saturated rings. The minimum absolute atomic E-state index is 0.115. The predicted octanol–water partition coefficient (Wildman–Crippen LogP) is 3.22. The molecule has 1 saturated carbocycles. The topological polar surface area (TPSA) is 59.8 Å². The number of carbonyl (C=O) groups is 1. The standard InChI is InChI=1S/C20H27FN4O/c1-5-6-11-25-18(23-16(24-25)12-17(26)22-4)20(13-19(20,2)3)14-9-7-8-10-15(14)21/h7-10H,5-6,11-13H2,1-4H3,(H,22,26). The third-order valence-electron chi connectivity index (χ3n) is 5.49. The van der Waals surface area contributed by atoms with E-state index in [0.717, 1.165) is 31.6 Å². The van der Waals surface area contributed by atoms with Crippen molar-refractivity contribution >= 4 is 5.91 Å². The second kappa shape index (κ2) is 6.82. The first-order valence-electron chi connectivity index (χ1n) is 9.25. The van der Waals surface area contributed by atoms with E-state index >= 15 is 0 Å². The average molecular weight is 358 g/mol. The number of likely N-dealkylation sites (N-methyl/N-ethyl adjacent to an activating group) is 1. The van der Waals surface area contributed by atoms with E-state index in [1.54, 1.807) is 13.1 Å². The highest BCUT2D eigenvalue weighted by Crippen LogP contribution is 2.67. The molecule has 1 aromatic heterocycles. The highest BCUT2D eigenvalue weighted by Gasteiger charge is 2.66. The highest BCUT2D eigenvalue weighted by atomic mass is 19.1. The zero-order chi connectivity index (χ0) is 18.9. The van der Waals surface area contributed by atoms with Crippen LogP contribution in [-0.2, 0) is 23.2 Å². The molecule has 3 rings (SSSR count). The lowest BCUT2D eigenvalue weighted by Gasteiger charge is -2.22. The Morgan fingerprint density at radius 1 is 1.35 bits per heavy atom. The maximum atomic E-state index is 14.7. The summed E-state index contributed by atoms with van der Waals surface area (Å²) in [7, 11) is 1.60. The van der Waals surface area contributed by atoms with Crippen LogP contribution in [0.5, 0.6) is 0 Å². The maximum absolute atomic E-state index is 14.7. The molecule has 140 valence electrons. The van der Waals surface area contributed by atoms with Crippen LogP contribution in [0.2, 0.25) is 0 Å². The largest absolute Gasteiger partial charge is 0.359 e. The van der Waals surface area contributed by atoms with Gasteiger partial charge in [-0.2, -0.15) is 5.10 Å². The van der Waals surface area contributed by atoms with E-state index in [4.69, 9.17) is 4.98 Å². The van der Waals surface area contributed by atoms with Gasteiger partial charge < -0.3 is 5.32 Å². The molecule has 1 amide bonds. The van der Waals surface area contributed by atoms with Gasteiger partial charge >= 0.3 is 0 Å². The van der Waals surface area contributed by atoms with Crippen LogP contribution in [-0.4, -0.2) is 27.7 Å². The van der Waals surface area contributed by atoms with Crippen molar-refractivity contribution in [2.45, 2.75) is 58.4 Å². The maximum Gasteiger partial charge on any atom is 0.227 e. The zero-order valence-corrected chi connectivity index (χ0v) is 16.0. The fraction of sp³-hybridized carbons (Fsp3) is 0.550. The van der Waals surface area contributed by atoms with Crippen molar-refractivity contribution in [1.29, 1.82) is 0 Å². The lowest BCUT2D eigenvalue weighted by atomic mass is 9.86. The van der Waals surface area contributed by atoms with E-state index in [-0.39, 0.29) is 23.6 Å². The van der Waals surface area contributed by atoms with Gasteiger partial charge in [0.25, 0.3) is 0 Å². The number of benzene rings is 1. The van der Waals surface area contributed by atoms with E-state index in [2.05, 4.69) is 31.2 Å². The number of aryl methyl sites for hydroxylation is 1. The highest BCUT2D eigenvalue weighted by molar-refractivity contribution is 5.77. The molecule has 0 spiro atoms. The molecule has 0 saturated heterocycles. The van der Waals surface area contributed by atoms with Crippen molar-refractivity contribution in [1.82, 2.24) is 20.1 Å². The third kappa shape index (κ3) is 3.02. The van der Waals surface area contributed by atoms with Crippen molar-refractivity contribution in [3.63, 3.8) is 0 Å². The third-order valence-corrected chi connectivity index (χ3v) is 5.49. The summed E-state index contributed by atoms with van der Waals surface area (Å²) in [5, 5.41) is 7.19. The summed E-state index contributed by atoms with van der Waals surface area (Å²) in [6, 6.07) is 6.93. The van der Waals surface area contributed by atoms with Gasteiger partial charge in [0, 0.05) is 19.2 Å². The Balaban J connectivity index is 2.10. The minimum Gasteiger partial charge on any atom is -0.359 e. The molecule has 0 aliphatic heterocycles. The smallest absolute Gasteiger partial charge is 0.227 e.